The molecule has 1 aromatic carbocycles. The minimum atomic E-state index is 0.654. The van der Waals surface area contributed by atoms with Crippen LogP contribution >= 0.6 is 23.2 Å². The minimum absolute atomic E-state index is 0.654. The van der Waals surface area contributed by atoms with Crippen molar-refractivity contribution in [1.29, 1.82) is 0 Å². The number of imidazole rings is 1. The zero-order valence-corrected chi connectivity index (χ0v) is 11.0. The number of nitrogens with zero attached hydrogens (tertiary/aromatic N) is 2. The second-order valence-corrected chi connectivity index (χ2v) is 4.49. The molecule has 90 valence electrons. The van der Waals surface area contributed by atoms with E-state index in [2.05, 4.69) is 17.2 Å². The number of rotatable bonds is 4. The van der Waals surface area contributed by atoms with Crippen molar-refractivity contribution < 1.29 is 0 Å². The molecule has 0 atom stereocenters. The third-order valence-corrected chi connectivity index (χ3v) is 2.93. The van der Waals surface area contributed by atoms with Gasteiger partial charge in [-0.05, 0) is 24.7 Å². The molecule has 0 amide bonds. The first-order valence-electron chi connectivity index (χ1n) is 5.39. The zero-order chi connectivity index (χ0) is 12.3. The standard InChI is InChI=1S/C12H13Cl2N3/c1-2-15-6-10-7-17(8-16-10)12-5-9(13)3-4-11(12)14/h3-5,7-8,15H,2,6H2,1H3. The summed E-state index contributed by atoms with van der Waals surface area (Å²) in [6.45, 7) is 3.73. The van der Waals surface area contributed by atoms with Crippen molar-refractivity contribution in [3.63, 3.8) is 0 Å². The molecule has 0 bridgehead atoms. The van der Waals surface area contributed by atoms with Gasteiger partial charge >= 0.3 is 0 Å². The van der Waals surface area contributed by atoms with E-state index in [1.165, 1.54) is 0 Å². The van der Waals surface area contributed by atoms with Crippen molar-refractivity contribution in [2.75, 3.05) is 6.54 Å². The summed E-state index contributed by atoms with van der Waals surface area (Å²) in [4.78, 5) is 4.30. The van der Waals surface area contributed by atoms with Crippen molar-refractivity contribution in [3.8, 4) is 5.69 Å². The van der Waals surface area contributed by atoms with Crippen molar-refractivity contribution in [3.05, 3.63) is 46.5 Å². The van der Waals surface area contributed by atoms with Gasteiger partial charge < -0.3 is 9.88 Å². The van der Waals surface area contributed by atoms with E-state index in [1.54, 1.807) is 18.5 Å². The Bertz CT molecular complexity index is 508. The maximum Gasteiger partial charge on any atom is 0.0996 e. The predicted octanol–water partition coefficient (Wildman–Crippen LogP) is 3.29. The minimum Gasteiger partial charge on any atom is -0.311 e. The molecule has 0 aliphatic heterocycles. The van der Waals surface area contributed by atoms with Gasteiger partial charge in [0, 0.05) is 17.8 Å². The van der Waals surface area contributed by atoms with Gasteiger partial charge in [0.15, 0.2) is 0 Å². The Labute approximate surface area is 110 Å². The molecule has 2 aromatic rings. The van der Waals surface area contributed by atoms with Gasteiger partial charge in [0.1, 0.15) is 0 Å². The second kappa shape index (κ2) is 5.54. The third-order valence-electron chi connectivity index (χ3n) is 2.38. The molecule has 2 rings (SSSR count). The molecule has 1 heterocycles. The zero-order valence-electron chi connectivity index (χ0n) is 9.45. The van der Waals surface area contributed by atoms with Gasteiger partial charge in [0.2, 0.25) is 0 Å². The fourth-order valence-corrected chi connectivity index (χ4v) is 1.90. The molecule has 0 saturated carbocycles. The van der Waals surface area contributed by atoms with Crippen LogP contribution in [-0.2, 0) is 6.54 Å². The first kappa shape index (κ1) is 12.4. The second-order valence-electron chi connectivity index (χ2n) is 3.65. The molecule has 0 aliphatic rings. The summed E-state index contributed by atoms with van der Waals surface area (Å²) in [7, 11) is 0. The van der Waals surface area contributed by atoms with Crippen molar-refractivity contribution in [2.45, 2.75) is 13.5 Å². The molecule has 1 aromatic heterocycles. The SMILES string of the molecule is CCNCc1cn(-c2cc(Cl)ccc2Cl)cn1. The molecule has 5 heteroatoms. The number of hydrogen-bond donors (Lipinski definition) is 1. The fourth-order valence-electron chi connectivity index (χ4n) is 1.52. The molecule has 1 N–H and O–H groups in total. The molecule has 0 fully saturated rings. The third kappa shape index (κ3) is 3.00. The number of halogens is 2. The normalized spacial score (nSPS) is 10.8. The summed E-state index contributed by atoms with van der Waals surface area (Å²) < 4.78 is 1.88. The van der Waals surface area contributed by atoms with Gasteiger partial charge in [-0.2, -0.15) is 0 Å². The lowest BCUT2D eigenvalue weighted by Gasteiger charge is -2.05. The number of hydrogen-bond acceptors (Lipinski definition) is 2. The Morgan fingerprint density at radius 3 is 2.94 bits per heavy atom. The van der Waals surface area contributed by atoms with Crippen molar-refractivity contribution in [2.24, 2.45) is 0 Å². The van der Waals surface area contributed by atoms with Crippen LogP contribution in [0.15, 0.2) is 30.7 Å². The topological polar surface area (TPSA) is 29.9 Å². The van der Waals surface area contributed by atoms with Crippen molar-refractivity contribution in [1.82, 2.24) is 14.9 Å². The van der Waals surface area contributed by atoms with E-state index in [0.29, 0.717) is 10.0 Å². The predicted molar refractivity (Wildman–Crippen MR) is 71.0 cm³/mol. The smallest absolute Gasteiger partial charge is 0.0996 e. The Balaban J connectivity index is 2.27. The Morgan fingerprint density at radius 1 is 1.35 bits per heavy atom. The van der Waals surface area contributed by atoms with E-state index < -0.39 is 0 Å². The van der Waals surface area contributed by atoms with E-state index in [0.717, 1.165) is 24.5 Å². The first-order chi connectivity index (χ1) is 8.20. The van der Waals surface area contributed by atoms with Crippen LogP contribution in [0.2, 0.25) is 10.0 Å². The van der Waals surface area contributed by atoms with Crippen LogP contribution in [0.1, 0.15) is 12.6 Å². The van der Waals surface area contributed by atoms with Crippen LogP contribution in [0.25, 0.3) is 5.69 Å². The number of nitrogens with one attached hydrogen (secondary N) is 1. The van der Waals surface area contributed by atoms with Crippen LogP contribution in [0.4, 0.5) is 0 Å². The average molecular weight is 270 g/mol. The quantitative estimate of drug-likeness (QED) is 0.923. The van der Waals surface area contributed by atoms with Crippen LogP contribution < -0.4 is 5.32 Å². The van der Waals surface area contributed by atoms with Crippen LogP contribution in [0.5, 0.6) is 0 Å². The van der Waals surface area contributed by atoms with Gasteiger partial charge in [0.25, 0.3) is 0 Å². The lowest BCUT2D eigenvalue weighted by atomic mass is 10.3. The van der Waals surface area contributed by atoms with Crippen LogP contribution in [0.3, 0.4) is 0 Å². The molecule has 0 aliphatic carbocycles. The number of aromatic nitrogens is 2. The highest BCUT2D eigenvalue weighted by molar-refractivity contribution is 6.34. The lowest BCUT2D eigenvalue weighted by molar-refractivity contribution is 0.713. The van der Waals surface area contributed by atoms with E-state index in [9.17, 15) is 0 Å². The molecule has 0 spiro atoms. The molecule has 0 saturated heterocycles. The van der Waals surface area contributed by atoms with Crippen LogP contribution in [0, 0.1) is 0 Å². The lowest BCUT2D eigenvalue weighted by Crippen LogP contribution is -2.11. The molecule has 17 heavy (non-hydrogen) atoms. The summed E-state index contributed by atoms with van der Waals surface area (Å²) in [6, 6.07) is 5.37. The molecule has 3 nitrogen and oxygen atoms in total. The summed E-state index contributed by atoms with van der Waals surface area (Å²) >= 11 is 12.1. The van der Waals surface area contributed by atoms with E-state index in [-0.39, 0.29) is 0 Å². The Kier molecular flexibility index (Phi) is 4.05. The van der Waals surface area contributed by atoms with Gasteiger partial charge in [-0.1, -0.05) is 30.1 Å². The highest BCUT2D eigenvalue weighted by atomic mass is 35.5. The highest BCUT2D eigenvalue weighted by Crippen LogP contribution is 2.24. The monoisotopic (exact) mass is 269 g/mol. The maximum absolute atomic E-state index is 6.12. The van der Waals surface area contributed by atoms with E-state index in [1.807, 2.05) is 16.8 Å². The van der Waals surface area contributed by atoms with Crippen LogP contribution in [-0.4, -0.2) is 16.1 Å². The molecule has 0 unspecified atom stereocenters. The van der Waals surface area contributed by atoms with Gasteiger partial charge in [-0.15, -0.1) is 0 Å². The van der Waals surface area contributed by atoms with E-state index >= 15 is 0 Å². The highest BCUT2D eigenvalue weighted by Gasteiger charge is 2.05. The Hall–Kier alpha value is -1.03. The van der Waals surface area contributed by atoms with Gasteiger partial charge in [0.05, 0.1) is 22.7 Å². The first-order valence-corrected chi connectivity index (χ1v) is 6.15. The summed E-state index contributed by atoms with van der Waals surface area (Å²) in [5.41, 5.74) is 1.82. The van der Waals surface area contributed by atoms with E-state index in [4.69, 9.17) is 23.2 Å². The fraction of sp³-hybridized carbons (Fsp3) is 0.250. The Morgan fingerprint density at radius 2 is 2.18 bits per heavy atom. The molecular weight excluding hydrogens is 257 g/mol. The molecule has 0 radical (unpaired) electrons. The average Bonchev–Trinajstić information content (AvgIpc) is 2.78. The van der Waals surface area contributed by atoms with Crippen molar-refractivity contribution >= 4 is 23.2 Å². The molecular formula is C12H13Cl2N3. The summed E-state index contributed by atoms with van der Waals surface area (Å²) in [5, 5.41) is 4.53. The van der Waals surface area contributed by atoms with Gasteiger partial charge in [-0.25, -0.2) is 4.98 Å². The summed E-state index contributed by atoms with van der Waals surface area (Å²) in [6.07, 6.45) is 3.68. The number of benzene rings is 1. The van der Waals surface area contributed by atoms with Gasteiger partial charge in [-0.3, -0.25) is 0 Å². The summed E-state index contributed by atoms with van der Waals surface area (Å²) in [5.74, 6) is 0. The maximum atomic E-state index is 6.12. The largest absolute Gasteiger partial charge is 0.311 e.